The van der Waals surface area contributed by atoms with Crippen LogP contribution in [0.2, 0.25) is 0 Å². The molecule has 0 saturated carbocycles. The molecule has 0 aromatic carbocycles. The Balaban J connectivity index is 1.12. The molecule has 2 aliphatic carbocycles. The van der Waals surface area contributed by atoms with E-state index in [0.717, 1.165) is 104 Å². The summed E-state index contributed by atoms with van der Waals surface area (Å²) in [6, 6.07) is 0. The number of hydrogen-bond donors (Lipinski definition) is 0. The van der Waals surface area contributed by atoms with Crippen LogP contribution in [0.3, 0.4) is 0 Å². The number of rotatable bonds is 7. The normalized spacial score (nSPS) is 35.4. The van der Waals surface area contributed by atoms with E-state index in [2.05, 4.69) is 72.0 Å². The summed E-state index contributed by atoms with van der Waals surface area (Å²) in [5.74, 6) is -0.946. The third-order valence-corrected chi connectivity index (χ3v) is 25.8. The first-order valence-corrected chi connectivity index (χ1v) is 25.5. The standard InChI is InChI=1S/C35H54ClN8O6P3/c36-51(40-15-9-33(10-16-40)45-23-24-46-33)37-52(41-17-11-34(12-18-41)47-25-26-48-34,42-19-13-35(14-20-42)49-27-28-50-35)39-53(38-51)43(29-31-5-1-2-6-31)21-22-44(53)30-32-7-3-4-8-32/h1-8,31-32H,9-30H2. The fourth-order valence-electron chi connectivity index (χ4n) is 9.69. The zero-order valence-corrected chi connectivity index (χ0v) is 34.0. The number of halogens is 1. The number of hydrogen-bond acceptors (Lipinski definition) is 14. The van der Waals surface area contributed by atoms with Gasteiger partial charge in [-0.05, 0) is 11.2 Å². The van der Waals surface area contributed by atoms with Crippen LogP contribution in [0.15, 0.2) is 62.2 Å². The Kier molecular flexibility index (Phi) is 10.0. The monoisotopic (exact) mass is 810 g/mol. The van der Waals surface area contributed by atoms with Gasteiger partial charge in [0.2, 0.25) is 21.7 Å². The van der Waals surface area contributed by atoms with E-state index in [4.69, 9.17) is 53.2 Å². The molecule has 0 bridgehead atoms. The molecule has 1 atom stereocenters. The molecule has 7 saturated heterocycles. The molecule has 7 fully saturated rings. The van der Waals surface area contributed by atoms with Crippen molar-refractivity contribution in [1.29, 1.82) is 0 Å². The second-order valence-electron chi connectivity index (χ2n) is 15.7. The number of nitrogens with zero attached hydrogens (tertiary/aromatic N) is 8. The zero-order valence-electron chi connectivity index (χ0n) is 30.6. The second-order valence-corrected chi connectivity index (χ2v) is 25.2. The van der Waals surface area contributed by atoms with Crippen LogP contribution in [0.1, 0.15) is 38.5 Å². The molecule has 0 aromatic rings. The van der Waals surface area contributed by atoms with Gasteiger partial charge in [-0.2, -0.15) is 13.5 Å². The van der Waals surface area contributed by atoms with E-state index in [0.29, 0.717) is 51.5 Å². The second kappa shape index (κ2) is 14.4. The van der Waals surface area contributed by atoms with E-state index in [1.807, 2.05) is 0 Å². The highest BCUT2D eigenvalue weighted by atomic mass is 35.7. The zero-order chi connectivity index (χ0) is 35.6. The lowest BCUT2D eigenvalue weighted by atomic mass is 10.1. The molecular formula is C35H54ClN8O6P3. The van der Waals surface area contributed by atoms with E-state index < -0.39 is 39.1 Å². The fourth-order valence-corrected chi connectivity index (χ4v) is 25.9. The van der Waals surface area contributed by atoms with Crippen molar-refractivity contribution in [1.82, 2.24) is 23.4 Å². The quantitative estimate of drug-likeness (QED) is 0.257. The molecule has 14 nitrogen and oxygen atoms in total. The van der Waals surface area contributed by atoms with Crippen molar-refractivity contribution in [2.45, 2.75) is 55.9 Å². The van der Waals surface area contributed by atoms with Gasteiger partial charge in [0.1, 0.15) is 0 Å². The molecule has 0 N–H and O–H groups in total. The molecule has 0 radical (unpaired) electrons. The third kappa shape index (κ3) is 6.67. The average molecular weight is 811 g/mol. The summed E-state index contributed by atoms with van der Waals surface area (Å²) >= 11 is 8.30. The van der Waals surface area contributed by atoms with Crippen LogP contribution in [0.4, 0.5) is 0 Å². The lowest BCUT2D eigenvalue weighted by Crippen LogP contribution is -2.49. The maximum atomic E-state index is 8.30. The molecular weight excluding hydrogens is 757 g/mol. The Morgan fingerprint density at radius 2 is 0.830 bits per heavy atom. The third-order valence-electron chi connectivity index (χ3n) is 12.6. The van der Waals surface area contributed by atoms with Gasteiger partial charge in [-0.3, -0.25) is 0 Å². The van der Waals surface area contributed by atoms with Crippen LogP contribution in [0.25, 0.3) is 0 Å². The maximum absolute atomic E-state index is 8.30. The van der Waals surface area contributed by atoms with E-state index in [9.17, 15) is 0 Å². The van der Waals surface area contributed by atoms with Crippen LogP contribution >= 0.6 is 33.0 Å². The molecule has 0 amide bonds. The molecule has 53 heavy (non-hydrogen) atoms. The Morgan fingerprint density at radius 3 is 1.21 bits per heavy atom. The van der Waals surface area contributed by atoms with Crippen molar-refractivity contribution in [3.63, 3.8) is 0 Å². The lowest BCUT2D eigenvalue weighted by molar-refractivity contribution is -0.182. The minimum atomic E-state index is -3.01. The Morgan fingerprint density at radius 1 is 0.472 bits per heavy atom. The lowest BCUT2D eigenvalue weighted by Gasteiger charge is -2.52. The summed E-state index contributed by atoms with van der Waals surface area (Å²) in [7, 11) is -5.62. The molecule has 10 rings (SSSR count). The van der Waals surface area contributed by atoms with Crippen LogP contribution in [-0.4, -0.2) is 146 Å². The minimum Gasteiger partial charge on any atom is -0.347 e. The van der Waals surface area contributed by atoms with Crippen LogP contribution in [-0.2, 0) is 28.4 Å². The predicted molar refractivity (Wildman–Crippen MR) is 207 cm³/mol. The van der Waals surface area contributed by atoms with E-state index in [-0.39, 0.29) is 0 Å². The predicted octanol–water partition coefficient (Wildman–Crippen LogP) is 6.70. The Labute approximate surface area is 318 Å². The van der Waals surface area contributed by atoms with Crippen molar-refractivity contribution >= 4 is 33.0 Å². The van der Waals surface area contributed by atoms with Gasteiger partial charge in [0.25, 0.3) is 0 Å². The smallest absolute Gasteiger partial charge is 0.239 e. The topological polar surface area (TPSA) is 109 Å². The molecule has 8 aliphatic heterocycles. The molecule has 1 unspecified atom stereocenters. The van der Waals surface area contributed by atoms with Gasteiger partial charge in [-0.1, -0.05) is 48.6 Å². The summed E-state index contributed by atoms with van der Waals surface area (Å²) in [4.78, 5) is 0. The highest BCUT2D eigenvalue weighted by molar-refractivity contribution is 7.96. The van der Waals surface area contributed by atoms with Crippen molar-refractivity contribution in [3.05, 3.63) is 48.6 Å². The summed E-state index contributed by atoms with van der Waals surface area (Å²) in [5.41, 5.74) is 0. The number of allylic oxidation sites excluding steroid dienone is 4. The minimum absolute atomic E-state index is 0.308. The molecule has 292 valence electrons. The number of piperidine rings is 3. The molecule has 4 spiro atoms. The fraction of sp³-hybridized carbons (Fsp3) is 0.771. The van der Waals surface area contributed by atoms with Gasteiger partial charge >= 0.3 is 0 Å². The first kappa shape index (κ1) is 36.8. The van der Waals surface area contributed by atoms with Gasteiger partial charge in [0.15, 0.2) is 17.4 Å². The van der Waals surface area contributed by atoms with E-state index >= 15 is 0 Å². The van der Waals surface area contributed by atoms with Crippen molar-refractivity contribution in [2.75, 3.05) is 105 Å². The summed E-state index contributed by atoms with van der Waals surface area (Å²) < 4.78 is 68.7. The van der Waals surface area contributed by atoms with Gasteiger partial charge in [0.05, 0.1) is 39.6 Å². The van der Waals surface area contributed by atoms with E-state index in [1.165, 1.54) is 0 Å². The van der Waals surface area contributed by atoms with Crippen LogP contribution in [0.5, 0.6) is 0 Å². The largest absolute Gasteiger partial charge is 0.347 e. The summed E-state index contributed by atoms with van der Waals surface area (Å²) in [5, 5.41) is 0. The number of ether oxygens (including phenoxy) is 6. The first-order chi connectivity index (χ1) is 25.8. The Hall–Kier alpha value is -0.500. The highest BCUT2D eigenvalue weighted by Crippen LogP contribution is 2.85. The highest BCUT2D eigenvalue weighted by Gasteiger charge is 2.56. The summed E-state index contributed by atoms with van der Waals surface area (Å²) in [6.07, 6.45) is 22.6. The van der Waals surface area contributed by atoms with Crippen molar-refractivity contribution in [3.8, 4) is 0 Å². The van der Waals surface area contributed by atoms with Gasteiger partial charge in [-0.15, -0.1) is 0 Å². The molecule has 10 aliphatic rings. The molecule has 8 heterocycles. The van der Waals surface area contributed by atoms with Crippen LogP contribution < -0.4 is 0 Å². The van der Waals surface area contributed by atoms with Crippen LogP contribution in [0, 0.1) is 11.8 Å². The average Bonchev–Trinajstić information content (AvgIpc) is 4.04. The van der Waals surface area contributed by atoms with E-state index in [1.54, 1.807) is 0 Å². The maximum Gasteiger partial charge on any atom is 0.239 e. The molecule has 18 heteroatoms. The van der Waals surface area contributed by atoms with Gasteiger partial charge in [-0.25, -0.2) is 23.4 Å². The van der Waals surface area contributed by atoms with Crippen molar-refractivity contribution < 1.29 is 28.4 Å². The van der Waals surface area contributed by atoms with Crippen molar-refractivity contribution in [2.24, 2.45) is 25.4 Å². The molecule has 0 aromatic heterocycles. The van der Waals surface area contributed by atoms with Gasteiger partial charge < -0.3 is 28.4 Å². The summed E-state index contributed by atoms with van der Waals surface area (Å²) in [6.45, 7) is 8.94. The SMILES string of the molecule is ClP1(N2CCC3(CC2)OCCO3)=NP(N2CCC3(CC2)OCCO3)(N2CCC3(CC2)OCCO3)=NP2(=N1)N(CC1C=CC=C1)CCN2CC1C=CC=C1. The van der Waals surface area contributed by atoms with Gasteiger partial charge in [0, 0.05) is 116 Å². The first-order valence-electron chi connectivity index (χ1n) is 19.8. The Bertz CT molecular complexity index is 1590.